The highest BCUT2D eigenvalue weighted by atomic mass is 32.2. The van der Waals surface area contributed by atoms with E-state index in [9.17, 15) is 23.9 Å². The van der Waals surface area contributed by atoms with Gasteiger partial charge in [-0.3, -0.25) is 14.5 Å². The number of anilines is 1. The Morgan fingerprint density at radius 1 is 1.07 bits per heavy atom. The monoisotopic (exact) mass is 629 g/mol. The number of carbonyl (C=O) groups excluding carboxylic acids is 3. The topological polar surface area (TPSA) is 127 Å². The van der Waals surface area contributed by atoms with Crippen molar-refractivity contribution in [2.24, 2.45) is 0 Å². The van der Waals surface area contributed by atoms with Crippen LogP contribution in [0.3, 0.4) is 0 Å². The summed E-state index contributed by atoms with van der Waals surface area (Å²) < 4.78 is 21.2. The van der Waals surface area contributed by atoms with Gasteiger partial charge in [-0.15, -0.1) is 10.2 Å². The van der Waals surface area contributed by atoms with Gasteiger partial charge in [-0.25, -0.2) is 14.2 Å². The molecular weight excluding hydrogens is 606 g/mol. The van der Waals surface area contributed by atoms with Crippen molar-refractivity contribution in [3.63, 3.8) is 0 Å². The van der Waals surface area contributed by atoms with Crippen molar-refractivity contribution in [3.8, 4) is 0 Å². The number of benzene rings is 2. The van der Waals surface area contributed by atoms with Crippen LogP contribution in [0, 0.1) is 19.7 Å². The van der Waals surface area contributed by atoms with E-state index in [2.05, 4.69) is 15.2 Å². The van der Waals surface area contributed by atoms with E-state index in [1.165, 1.54) is 42.0 Å². The number of rotatable bonds is 7. The standard InChI is InChI=1S/C31H24FN5O5S2/c1-16-7-6-14-36-17(2)23(33-27(16)36)25(38)22-24(18-10-12-19(13-11-18)29(41)42-3)37(28(40)26(22)39)30-34-35-31(44-30)43-15-20-8-4-5-9-21(20)32/h4-14,24,38H,15H2,1-3H3/b25-22+. The fourth-order valence-electron chi connectivity index (χ4n) is 5.05. The number of methoxy groups -OCH3 is 1. The summed E-state index contributed by atoms with van der Waals surface area (Å²) >= 11 is 2.30. The fraction of sp³-hybridized carbons (Fsp3) is 0.161. The average molecular weight is 630 g/mol. The largest absolute Gasteiger partial charge is 0.505 e. The van der Waals surface area contributed by atoms with Crippen LogP contribution in [0.25, 0.3) is 11.4 Å². The molecule has 1 aliphatic heterocycles. The lowest BCUT2D eigenvalue weighted by molar-refractivity contribution is -0.132. The molecule has 1 N–H and O–H groups in total. The zero-order valence-corrected chi connectivity index (χ0v) is 25.3. The SMILES string of the molecule is COC(=O)c1ccc(C2/C(=C(\O)c3nc4c(C)cccn4c3C)C(=O)C(=O)N2c2nnc(SCc3ccccc3F)s2)cc1. The van der Waals surface area contributed by atoms with Crippen molar-refractivity contribution in [2.75, 3.05) is 12.0 Å². The lowest BCUT2D eigenvalue weighted by Crippen LogP contribution is -2.29. The van der Waals surface area contributed by atoms with Crippen molar-refractivity contribution in [1.82, 2.24) is 19.6 Å². The molecule has 1 saturated heterocycles. The van der Waals surface area contributed by atoms with Gasteiger partial charge in [0.15, 0.2) is 10.1 Å². The Labute approximate surface area is 258 Å². The van der Waals surface area contributed by atoms with Gasteiger partial charge >= 0.3 is 11.9 Å². The second kappa shape index (κ2) is 11.7. The van der Waals surface area contributed by atoms with Gasteiger partial charge in [0, 0.05) is 11.9 Å². The molecule has 1 aliphatic rings. The molecule has 222 valence electrons. The number of hydrogen-bond acceptors (Lipinski definition) is 10. The third kappa shape index (κ3) is 5.03. The number of pyridine rings is 1. The minimum absolute atomic E-state index is 0.117. The van der Waals surface area contributed by atoms with Crippen LogP contribution in [0.4, 0.5) is 9.52 Å². The smallest absolute Gasteiger partial charge is 0.337 e. The number of Topliss-reactive ketones (excluding diaryl/α,β-unsaturated/α-hetero) is 1. The fourth-order valence-corrected chi connectivity index (χ4v) is 6.91. The molecule has 44 heavy (non-hydrogen) atoms. The van der Waals surface area contributed by atoms with E-state index >= 15 is 0 Å². The zero-order valence-electron chi connectivity index (χ0n) is 23.6. The number of esters is 1. The highest BCUT2D eigenvalue weighted by Gasteiger charge is 2.49. The van der Waals surface area contributed by atoms with E-state index in [1.54, 1.807) is 47.9 Å². The zero-order chi connectivity index (χ0) is 31.1. The molecule has 1 atom stereocenters. The van der Waals surface area contributed by atoms with Crippen LogP contribution >= 0.6 is 23.1 Å². The number of aliphatic hydroxyl groups excluding tert-OH is 1. The first kappa shape index (κ1) is 29.2. The molecule has 0 spiro atoms. The number of fused-ring (bicyclic) bond motifs is 1. The minimum atomic E-state index is -1.11. The van der Waals surface area contributed by atoms with E-state index in [0.717, 1.165) is 16.9 Å². The molecule has 1 amide bonds. The Morgan fingerprint density at radius 2 is 1.82 bits per heavy atom. The number of nitrogens with zero attached hydrogens (tertiary/aromatic N) is 5. The maximum Gasteiger partial charge on any atom is 0.337 e. The summed E-state index contributed by atoms with van der Waals surface area (Å²) in [7, 11) is 1.27. The number of aromatic nitrogens is 4. The molecule has 5 aromatic rings. The molecule has 3 aromatic heterocycles. The molecule has 0 saturated carbocycles. The summed E-state index contributed by atoms with van der Waals surface area (Å²) in [6, 6.07) is 15.2. The van der Waals surface area contributed by atoms with Crippen LogP contribution in [-0.2, 0) is 20.1 Å². The maximum absolute atomic E-state index is 14.2. The number of aliphatic hydroxyl groups is 1. The van der Waals surface area contributed by atoms with Crippen LogP contribution in [0.1, 0.15) is 44.5 Å². The third-order valence-corrected chi connectivity index (χ3v) is 9.42. The second-order valence-corrected chi connectivity index (χ2v) is 12.1. The van der Waals surface area contributed by atoms with E-state index in [-0.39, 0.29) is 33.5 Å². The number of imidazole rings is 1. The quantitative estimate of drug-likeness (QED) is 0.0607. The Balaban J connectivity index is 1.45. The van der Waals surface area contributed by atoms with Gasteiger partial charge in [0.05, 0.1) is 30.0 Å². The number of amides is 1. The number of ether oxygens (including phenoxy) is 1. The lowest BCUT2D eigenvalue weighted by atomic mass is 9.95. The maximum atomic E-state index is 14.2. The summed E-state index contributed by atoms with van der Waals surface area (Å²) in [5.74, 6) is -2.88. The number of ketones is 1. The first-order valence-electron chi connectivity index (χ1n) is 13.3. The number of carbonyl (C=O) groups is 3. The Kier molecular flexibility index (Phi) is 7.74. The van der Waals surface area contributed by atoms with Gasteiger partial charge < -0.3 is 14.2 Å². The predicted molar refractivity (Wildman–Crippen MR) is 163 cm³/mol. The summed E-state index contributed by atoms with van der Waals surface area (Å²) in [6.07, 6.45) is 1.80. The van der Waals surface area contributed by atoms with E-state index in [0.29, 0.717) is 26.8 Å². The molecule has 10 nitrogen and oxygen atoms in total. The van der Waals surface area contributed by atoms with Gasteiger partial charge in [0.1, 0.15) is 17.2 Å². The molecule has 1 unspecified atom stereocenters. The predicted octanol–water partition coefficient (Wildman–Crippen LogP) is 5.65. The van der Waals surface area contributed by atoms with Gasteiger partial charge in [-0.2, -0.15) is 0 Å². The first-order chi connectivity index (χ1) is 21.2. The molecule has 0 bridgehead atoms. The molecule has 13 heteroatoms. The first-order valence-corrected chi connectivity index (χ1v) is 15.1. The summed E-state index contributed by atoms with van der Waals surface area (Å²) in [6.45, 7) is 3.64. The number of aryl methyl sites for hydroxylation is 2. The van der Waals surface area contributed by atoms with Gasteiger partial charge in [0.25, 0.3) is 5.78 Å². The molecule has 2 aromatic carbocycles. The number of halogens is 1. The van der Waals surface area contributed by atoms with Crippen molar-refractivity contribution < 1.29 is 28.6 Å². The van der Waals surface area contributed by atoms with Crippen LogP contribution in [0.5, 0.6) is 0 Å². The summed E-state index contributed by atoms with van der Waals surface area (Å²) in [5.41, 5.74) is 3.20. The van der Waals surface area contributed by atoms with E-state index in [4.69, 9.17) is 4.74 Å². The molecule has 0 radical (unpaired) electrons. The van der Waals surface area contributed by atoms with Crippen molar-refractivity contribution >= 4 is 57.3 Å². The van der Waals surface area contributed by atoms with Gasteiger partial charge in [0.2, 0.25) is 5.13 Å². The normalized spacial score (nSPS) is 16.2. The highest BCUT2D eigenvalue weighted by molar-refractivity contribution is 8.00. The number of thioether (sulfide) groups is 1. The van der Waals surface area contributed by atoms with Crippen LogP contribution < -0.4 is 4.90 Å². The molecular formula is C31H24FN5O5S2. The van der Waals surface area contributed by atoms with Gasteiger partial charge in [-0.1, -0.05) is 59.5 Å². The van der Waals surface area contributed by atoms with E-state index in [1.807, 2.05) is 19.1 Å². The Morgan fingerprint density at radius 3 is 2.52 bits per heavy atom. The van der Waals surface area contributed by atoms with Crippen molar-refractivity contribution in [1.29, 1.82) is 0 Å². The van der Waals surface area contributed by atoms with Crippen LogP contribution in [-0.4, -0.2) is 49.5 Å². The molecule has 1 fully saturated rings. The number of hydrogen-bond donors (Lipinski definition) is 1. The second-order valence-electron chi connectivity index (χ2n) is 9.94. The summed E-state index contributed by atoms with van der Waals surface area (Å²) in [4.78, 5) is 45.1. The van der Waals surface area contributed by atoms with Crippen molar-refractivity contribution in [3.05, 3.63) is 112 Å². The van der Waals surface area contributed by atoms with Gasteiger partial charge in [-0.05, 0) is 54.8 Å². The Hall–Kier alpha value is -4.88. The Bertz CT molecular complexity index is 1990. The molecule has 4 heterocycles. The minimum Gasteiger partial charge on any atom is -0.505 e. The van der Waals surface area contributed by atoms with E-state index < -0.39 is 29.5 Å². The van der Waals surface area contributed by atoms with Crippen LogP contribution in [0.15, 0.2) is 76.8 Å². The third-order valence-electron chi connectivity index (χ3n) is 7.31. The molecule has 6 rings (SSSR count). The highest BCUT2D eigenvalue weighted by Crippen LogP contribution is 2.44. The van der Waals surface area contributed by atoms with Crippen LogP contribution in [0.2, 0.25) is 0 Å². The average Bonchev–Trinajstić information content (AvgIpc) is 3.71. The molecule has 0 aliphatic carbocycles. The van der Waals surface area contributed by atoms with Crippen molar-refractivity contribution in [2.45, 2.75) is 30.0 Å². The summed E-state index contributed by atoms with van der Waals surface area (Å²) in [5, 5.41) is 20.1. The lowest BCUT2D eigenvalue weighted by Gasteiger charge is -2.22.